The van der Waals surface area contributed by atoms with E-state index in [1.165, 1.54) is 0 Å². The fourth-order valence-electron chi connectivity index (χ4n) is 3.56. The number of piperidine rings is 1. The molecule has 0 aliphatic carbocycles. The van der Waals surface area contributed by atoms with Crippen LogP contribution in [0, 0.1) is 0 Å². The molecule has 1 amide bonds. The molecule has 3 rings (SSSR count). The van der Waals surface area contributed by atoms with Crippen molar-refractivity contribution in [1.82, 2.24) is 4.90 Å². The number of rotatable bonds is 3. The van der Waals surface area contributed by atoms with E-state index in [-0.39, 0.29) is 17.6 Å². The molecule has 5 heteroatoms. The minimum Gasteiger partial charge on any atom is -0.493 e. The zero-order valence-corrected chi connectivity index (χ0v) is 13.7. The van der Waals surface area contributed by atoms with Gasteiger partial charge in [0, 0.05) is 26.1 Å². The monoisotopic (exact) mass is 319 g/mol. The van der Waals surface area contributed by atoms with Crippen molar-refractivity contribution in [2.75, 3.05) is 26.3 Å². The summed E-state index contributed by atoms with van der Waals surface area (Å²) in [4.78, 5) is 14.7. The highest BCUT2D eigenvalue weighted by Crippen LogP contribution is 2.35. The Labute approximate surface area is 137 Å². The van der Waals surface area contributed by atoms with Gasteiger partial charge in [0.1, 0.15) is 5.75 Å². The summed E-state index contributed by atoms with van der Waals surface area (Å²) >= 11 is 0. The van der Waals surface area contributed by atoms with E-state index in [2.05, 4.69) is 0 Å². The van der Waals surface area contributed by atoms with Gasteiger partial charge in [-0.3, -0.25) is 4.79 Å². The van der Waals surface area contributed by atoms with E-state index >= 15 is 0 Å². The first-order valence-corrected chi connectivity index (χ1v) is 8.47. The van der Waals surface area contributed by atoms with Gasteiger partial charge in [0.05, 0.1) is 23.9 Å². The van der Waals surface area contributed by atoms with Crippen LogP contribution in [-0.4, -0.2) is 53.9 Å². The lowest BCUT2D eigenvalue weighted by Gasteiger charge is -2.45. The maximum Gasteiger partial charge on any atom is 0.257 e. The zero-order valence-electron chi connectivity index (χ0n) is 13.7. The predicted molar refractivity (Wildman–Crippen MR) is 86.7 cm³/mol. The second-order valence-electron chi connectivity index (χ2n) is 6.40. The molecule has 0 aromatic heterocycles. The Balaban J connectivity index is 1.67. The van der Waals surface area contributed by atoms with Crippen molar-refractivity contribution in [1.29, 1.82) is 0 Å². The first-order valence-electron chi connectivity index (χ1n) is 8.47. The minimum absolute atomic E-state index is 0.0141. The van der Waals surface area contributed by atoms with Gasteiger partial charge in [-0.25, -0.2) is 0 Å². The van der Waals surface area contributed by atoms with Gasteiger partial charge < -0.3 is 19.5 Å². The van der Waals surface area contributed by atoms with E-state index in [0.29, 0.717) is 50.5 Å². The van der Waals surface area contributed by atoms with Crippen LogP contribution in [0.1, 0.15) is 43.0 Å². The van der Waals surface area contributed by atoms with Crippen LogP contribution in [0.2, 0.25) is 0 Å². The fourth-order valence-corrected chi connectivity index (χ4v) is 3.56. The zero-order chi connectivity index (χ0) is 16.3. The summed E-state index contributed by atoms with van der Waals surface area (Å²) in [6.07, 6.45) is 2.69. The number of para-hydroxylation sites is 1. The molecule has 1 aromatic rings. The Morgan fingerprint density at radius 2 is 2.13 bits per heavy atom. The summed E-state index contributed by atoms with van der Waals surface area (Å²) < 4.78 is 11.5. The molecule has 2 heterocycles. The summed E-state index contributed by atoms with van der Waals surface area (Å²) in [5, 5.41) is 9.90. The number of carbonyl (C=O) groups is 1. The predicted octanol–water partition coefficient (Wildman–Crippen LogP) is 2.23. The highest BCUT2D eigenvalue weighted by molar-refractivity contribution is 5.97. The number of amides is 1. The molecule has 2 saturated heterocycles. The molecule has 2 aliphatic rings. The van der Waals surface area contributed by atoms with Gasteiger partial charge in [-0.05, 0) is 38.3 Å². The quantitative estimate of drug-likeness (QED) is 0.928. The summed E-state index contributed by atoms with van der Waals surface area (Å²) in [5.41, 5.74) is 0.378. The van der Waals surface area contributed by atoms with E-state index in [4.69, 9.17) is 9.47 Å². The molecule has 2 fully saturated rings. The van der Waals surface area contributed by atoms with Crippen molar-refractivity contribution >= 4 is 5.91 Å². The number of likely N-dealkylation sites (tertiary alicyclic amines) is 1. The van der Waals surface area contributed by atoms with Gasteiger partial charge in [0.15, 0.2) is 0 Å². The standard InChI is InChI=1S/C18H25NO4/c1-2-22-16-6-4-3-5-15(16)17(21)19-10-8-18(9-11-19)13-14(20)7-12-23-18/h3-6,14,20H,2,7-13H2,1H3. The Morgan fingerprint density at radius 1 is 1.39 bits per heavy atom. The summed E-state index contributed by atoms with van der Waals surface area (Å²) in [7, 11) is 0. The third kappa shape index (κ3) is 3.51. The molecule has 0 saturated carbocycles. The Kier molecular flexibility index (Phi) is 4.87. The highest BCUT2D eigenvalue weighted by Gasteiger charge is 2.41. The van der Waals surface area contributed by atoms with Crippen LogP contribution in [0.25, 0.3) is 0 Å². The van der Waals surface area contributed by atoms with E-state index in [9.17, 15) is 9.90 Å². The van der Waals surface area contributed by atoms with Gasteiger partial charge in [0.25, 0.3) is 5.91 Å². The second kappa shape index (κ2) is 6.89. The van der Waals surface area contributed by atoms with E-state index in [1.807, 2.05) is 36.1 Å². The Morgan fingerprint density at radius 3 is 2.83 bits per heavy atom. The number of benzene rings is 1. The molecule has 1 aromatic carbocycles. The van der Waals surface area contributed by atoms with E-state index < -0.39 is 0 Å². The van der Waals surface area contributed by atoms with Crippen molar-refractivity contribution in [2.24, 2.45) is 0 Å². The van der Waals surface area contributed by atoms with Crippen molar-refractivity contribution in [3.05, 3.63) is 29.8 Å². The van der Waals surface area contributed by atoms with Crippen LogP contribution >= 0.6 is 0 Å². The topological polar surface area (TPSA) is 59.0 Å². The number of hydrogen-bond donors (Lipinski definition) is 1. The maximum absolute atomic E-state index is 12.8. The Hall–Kier alpha value is -1.59. The lowest BCUT2D eigenvalue weighted by Crippen LogP contribution is -2.51. The van der Waals surface area contributed by atoms with E-state index in [0.717, 1.165) is 12.8 Å². The van der Waals surface area contributed by atoms with Crippen LogP contribution in [0.15, 0.2) is 24.3 Å². The molecule has 0 bridgehead atoms. The molecule has 0 radical (unpaired) electrons. The van der Waals surface area contributed by atoms with Crippen LogP contribution in [0.3, 0.4) is 0 Å². The normalized spacial score (nSPS) is 23.7. The molecule has 23 heavy (non-hydrogen) atoms. The number of nitrogens with zero attached hydrogens (tertiary/aromatic N) is 1. The third-order valence-electron chi connectivity index (χ3n) is 4.85. The molecule has 1 unspecified atom stereocenters. The molecule has 5 nitrogen and oxygen atoms in total. The highest BCUT2D eigenvalue weighted by atomic mass is 16.5. The van der Waals surface area contributed by atoms with Gasteiger partial charge in [-0.2, -0.15) is 0 Å². The number of ether oxygens (including phenoxy) is 2. The minimum atomic E-state index is -0.273. The molecule has 1 N–H and O–H groups in total. The molecule has 126 valence electrons. The van der Waals surface area contributed by atoms with Gasteiger partial charge >= 0.3 is 0 Å². The number of carbonyl (C=O) groups excluding carboxylic acids is 1. The van der Waals surface area contributed by atoms with Crippen LogP contribution < -0.4 is 4.74 Å². The van der Waals surface area contributed by atoms with Crippen LogP contribution in [0.5, 0.6) is 5.75 Å². The number of hydrogen-bond acceptors (Lipinski definition) is 4. The van der Waals surface area contributed by atoms with Crippen molar-refractivity contribution in [3.8, 4) is 5.75 Å². The largest absolute Gasteiger partial charge is 0.493 e. The van der Waals surface area contributed by atoms with E-state index in [1.54, 1.807) is 0 Å². The second-order valence-corrected chi connectivity index (χ2v) is 6.40. The van der Waals surface area contributed by atoms with Crippen molar-refractivity contribution in [3.63, 3.8) is 0 Å². The average molecular weight is 319 g/mol. The smallest absolute Gasteiger partial charge is 0.257 e. The van der Waals surface area contributed by atoms with Gasteiger partial charge in [-0.15, -0.1) is 0 Å². The average Bonchev–Trinajstić information content (AvgIpc) is 2.56. The molecular formula is C18H25NO4. The Bertz CT molecular complexity index is 552. The van der Waals surface area contributed by atoms with Crippen molar-refractivity contribution < 1.29 is 19.4 Å². The SMILES string of the molecule is CCOc1ccccc1C(=O)N1CCC2(CC1)CC(O)CCO2. The first-order chi connectivity index (χ1) is 11.1. The molecule has 1 atom stereocenters. The number of aliphatic hydroxyl groups excluding tert-OH is 1. The first kappa shape index (κ1) is 16.3. The third-order valence-corrected chi connectivity index (χ3v) is 4.85. The van der Waals surface area contributed by atoms with Gasteiger partial charge in [0.2, 0.25) is 0 Å². The maximum atomic E-state index is 12.8. The molecule has 1 spiro atoms. The van der Waals surface area contributed by atoms with Crippen LogP contribution in [-0.2, 0) is 4.74 Å². The molecule has 2 aliphatic heterocycles. The lowest BCUT2D eigenvalue weighted by atomic mass is 9.83. The fraction of sp³-hybridized carbons (Fsp3) is 0.611. The van der Waals surface area contributed by atoms with Gasteiger partial charge in [-0.1, -0.05) is 12.1 Å². The molecular weight excluding hydrogens is 294 g/mol. The van der Waals surface area contributed by atoms with Crippen molar-refractivity contribution in [2.45, 2.75) is 44.3 Å². The summed E-state index contributed by atoms with van der Waals surface area (Å²) in [5.74, 6) is 0.657. The summed E-state index contributed by atoms with van der Waals surface area (Å²) in [6, 6.07) is 7.40. The summed E-state index contributed by atoms with van der Waals surface area (Å²) in [6.45, 7) is 4.39. The van der Waals surface area contributed by atoms with Crippen LogP contribution in [0.4, 0.5) is 0 Å². The number of aliphatic hydroxyl groups is 1. The lowest BCUT2D eigenvalue weighted by molar-refractivity contribution is -0.139.